The lowest BCUT2D eigenvalue weighted by Crippen LogP contribution is -2.53. The van der Waals surface area contributed by atoms with Crippen LogP contribution in [0.2, 0.25) is 5.02 Å². The van der Waals surface area contributed by atoms with E-state index in [1.54, 1.807) is 30.4 Å². The van der Waals surface area contributed by atoms with Gasteiger partial charge in [0.15, 0.2) is 5.13 Å². The molecule has 8 heteroatoms. The fourth-order valence-electron chi connectivity index (χ4n) is 3.32. The van der Waals surface area contributed by atoms with Crippen LogP contribution in [0.5, 0.6) is 0 Å². The van der Waals surface area contributed by atoms with E-state index < -0.39 is 5.97 Å². The largest absolute Gasteiger partial charge is 0.455 e. The van der Waals surface area contributed by atoms with Crippen molar-refractivity contribution in [3.05, 3.63) is 64.9 Å². The van der Waals surface area contributed by atoms with Crippen LogP contribution in [-0.4, -0.2) is 35.3 Å². The first kappa shape index (κ1) is 18.1. The molecule has 0 atom stereocenters. The molecule has 3 heterocycles. The summed E-state index contributed by atoms with van der Waals surface area (Å²) in [6.45, 7) is 2.91. The van der Waals surface area contributed by atoms with Gasteiger partial charge in [0.05, 0.1) is 28.3 Å². The average molecular weight is 426 g/mol. The number of thiazole rings is 1. The molecule has 4 aromatic rings. The van der Waals surface area contributed by atoms with Crippen molar-refractivity contribution in [2.75, 3.05) is 18.0 Å². The van der Waals surface area contributed by atoms with Crippen molar-refractivity contribution in [2.45, 2.75) is 13.0 Å². The van der Waals surface area contributed by atoms with Gasteiger partial charge in [0.2, 0.25) is 0 Å². The highest BCUT2D eigenvalue weighted by molar-refractivity contribution is 7.22. The Labute approximate surface area is 175 Å². The van der Waals surface area contributed by atoms with Crippen molar-refractivity contribution in [3.63, 3.8) is 0 Å². The van der Waals surface area contributed by atoms with E-state index >= 15 is 0 Å². The van der Waals surface area contributed by atoms with Gasteiger partial charge in [-0.15, -0.1) is 0 Å². The first-order valence-corrected chi connectivity index (χ1v) is 10.3. The van der Waals surface area contributed by atoms with E-state index in [2.05, 4.69) is 21.1 Å². The van der Waals surface area contributed by atoms with Crippen LogP contribution in [0.3, 0.4) is 0 Å². The molecule has 0 unspecified atom stereocenters. The average Bonchev–Trinajstić information content (AvgIpc) is 3.27. The number of fused-ring (bicyclic) bond motifs is 1. The summed E-state index contributed by atoms with van der Waals surface area (Å²) in [5, 5.41) is 5.47. The molecule has 0 aliphatic carbocycles. The number of ether oxygens (including phenoxy) is 1. The number of benzene rings is 2. The Hall–Kier alpha value is -2.90. The Morgan fingerprint density at radius 3 is 2.76 bits per heavy atom. The molecule has 0 N–H and O–H groups in total. The first-order valence-electron chi connectivity index (χ1n) is 9.13. The predicted molar refractivity (Wildman–Crippen MR) is 113 cm³/mol. The first-order chi connectivity index (χ1) is 14.1. The highest BCUT2D eigenvalue weighted by atomic mass is 35.5. The zero-order valence-corrected chi connectivity index (χ0v) is 17.0. The van der Waals surface area contributed by atoms with Crippen molar-refractivity contribution in [1.29, 1.82) is 0 Å². The minimum Gasteiger partial charge on any atom is -0.455 e. The number of rotatable bonds is 4. The molecule has 1 fully saturated rings. The van der Waals surface area contributed by atoms with Gasteiger partial charge in [-0.05, 0) is 25.1 Å². The molecule has 146 valence electrons. The maximum Gasteiger partial charge on any atom is 0.344 e. The summed E-state index contributed by atoms with van der Waals surface area (Å²) in [6.07, 6.45) is -0.206. The number of hydrogen-bond acceptors (Lipinski definition) is 7. The maximum absolute atomic E-state index is 12.8. The number of esters is 1. The molecular weight excluding hydrogens is 410 g/mol. The second kappa shape index (κ2) is 7.17. The zero-order valence-electron chi connectivity index (χ0n) is 15.5. The van der Waals surface area contributed by atoms with Crippen molar-refractivity contribution in [3.8, 4) is 11.3 Å². The number of aromatic nitrogens is 2. The maximum atomic E-state index is 12.8. The van der Waals surface area contributed by atoms with E-state index in [1.165, 1.54) is 0 Å². The SMILES string of the molecule is Cc1onc(-c2ccccc2Cl)c1C(=O)OC1CN(c2nc3ccccc3s2)C1. The van der Waals surface area contributed by atoms with E-state index in [1.807, 2.05) is 30.3 Å². The molecular formula is C21H16ClN3O3S. The van der Waals surface area contributed by atoms with Crippen LogP contribution in [0.25, 0.3) is 21.5 Å². The van der Waals surface area contributed by atoms with Crippen LogP contribution in [-0.2, 0) is 4.74 Å². The summed E-state index contributed by atoms with van der Waals surface area (Å²) in [7, 11) is 0. The Morgan fingerprint density at radius 2 is 1.97 bits per heavy atom. The molecule has 1 aliphatic heterocycles. The van der Waals surface area contributed by atoms with Gasteiger partial charge >= 0.3 is 5.97 Å². The number of anilines is 1. The fourth-order valence-corrected chi connectivity index (χ4v) is 4.53. The normalized spacial score (nSPS) is 14.2. The smallest absolute Gasteiger partial charge is 0.344 e. The van der Waals surface area contributed by atoms with Crippen LogP contribution in [0.1, 0.15) is 16.1 Å². The zero-order chi connectivity index (χ0) is 20.0. The summed E-state index contributed by atoms with van der Waals surface area (Å²) in [5.41, 5.74) is 2.34. The summed E-state index contributed by atoms with van der Waals surface area (Å²) in [5.74, 6) is -0.0418. The number of para-hydroxylation sites is 1. The fraction of sp³-hybridized carbons (Fsp3) is 0.190. The third-order valence-corrected chi connectivity index (χ3v) is 6.30. The number of aryl methyl sites for hydroxylation is 1. The topological polar surface area (TPSA) is 68.5 Å². The predicted octanol–water partition coefficient (Wildman–Crippen LogP) is 4.96. The standard InChI is InChI=1S/C21H16ClN3O3S/c1-12-18(19(24-28-12)14-6-2-3-7-15(14)22)20(26)27-13-10-25(11-13)21-23-16-8-4-5-9-17(16)29-21/h2-9,13H,10-11H2,1H3. The Kier molecular flexibility index (Phi) is 4.49. The van der Waals surface area contributed by atoms with Gasteiger partial charge in [-0.3, -0.25) is 0 Å². The molecule has 5 rings (SSSR count). The minimum atomic E-state index is -0.451. The number of carbonyl (C=O) groups is 1. The lowest BCUT2D eigenvalue weighted by atomic mass is 10.1. The Bertz CT molecular complexity index is 1180. The van der Waals surface area contributed by atoms with Gasteiger partial charge in [-0.25, -0.2) is 9.78 Å². The second-order valence-electron chi connectivity index (χ2n) is 6.84. The van der Waals surface area contributed by atoms with Crippen LogP contribution in [0.15, 0.2) is 53.1 Å². The number of carbonyl (C=O) groups excluding carboxylic acids is 1. The molecule has 0 radical (unpaired) electrons. The third-order valence-electron chi connectivity index (χ3n) is 4.87. The van der Waals surface area contributed by atoms with E-state index in [0.717, 1.165) is 15.3 Å². The lowest BCUT2D eigenvalue weighted by Gasteiger charge is -2.38. The molecule has 1 saturated heterocycles. The van der Waals surface area contributed by atoms with Gasteiger partial charge in [0, 0.05) is 5.56 Å². The third kappa shape index (κ3) is 3.26. The van der Waals surface area contributed by atoms with Gasteiger partial charge in [-0.1, -0.05) is 58.4 Å². The van der Waals surface area contributed by atoms with Crippen LogP contribution >= 0.6 is 22.9 Å². The van der Waals surface area contributed by atoms with Crippen LogP contribution in [0.4, 0.5) is 5.13 Å². The van der Waals surface area contributed by atoms with E-state index in [0.29, 0.717) is 40.7 Å². The molecule has 1 aliphatic rings. The van der Waals surface area contributed by atoms with Crippen molar-refractivity contribution in [1.82, 2.24) is 10.1 Å². The lowest BCUT2D eigenvalue weighted by molar-refractivity contribution is 0.0233. The van der Waals surface area contributed by atoms with Gasteiger partial charge in [-0.2, -0.15) is 0 Å². The summed E-state index contributed by atoms with van der Waals surface area (Å²) in [4.78, 5) is 19.6. The molecule has 2 aromatic carbocycles. The van der Waals surface area contributed by atoms with E-state index in [4.69, 9.17) is 20.9 Å². The Morgan fingerprint density at radius 1 is 1.21 bits per heavy atom. The highest BCUT2D eigenvalue weighted by Crippen LogP contribution is 2.34. The highest BCUT2D eigenvalue weighted by Gasteiger charge is 2.34. The van der Waals surface area contributed by atoms with E-state index in [-0.39, 0.29) is 6.10 Å². The number of hydrogen-bond donors (Lipinski definition) is 0. The van der Waals surface area contributed by atoms with Crippen molar-refractivity contribution < 1.29 is 14.1 Å². The number of nitrogens with zero attached hydrogens (tertiary/aromatic N) is 3. The molecule has 0 saturated carbocycles. The second-order valence-corrected chi connectivity index (χ2v) is 8.25. The molecule has 29 heavy (non-hydrogen) atoms. The molecule has 2 aromatic heterocycles. The quantitative estimate of drug-likeness (QED) is 0.430. The number of halogens is 1. The van der Waals surface area contributed by atoms with Gasteiger partial charge < -0.3 is 14.2 Å². The molecule has 0 spiro atoms. The molecule has 0 amide bonds. The van der Waals surface area contributed by atoms with Crippen molar-refractivity contribution in [2.24, 2.45) is 0 Å². The summed E-state index contributed by atoms with van der Waals surface area (Å²) < 4.78 is 12.1. The summed E-state index contributed by atoms with van der Waals surface area (Å²) in [6, 6.07) is 15.2. The van der Waals surface area contributed by atoms with E-state index in [9.17, 15) is 4.79 Å². The molecule has 0 bridgehead atoms. The minimum absolute atomic E-state index is 0.206. The Balaban J connectivity index is 1.30. The van der Waals surface area contributed by atoms with Crippen molar-refractivity contribution >= 4 is 44.3 Å². The van der Waals surface area contributed by atoms with Crippen LogP contribution < -0.4 is 4.90 Å². The summed E-state index contributed by atoms with van der Waals surface area (Å²) >= 11 is 7.90. The van der Waals surface area contributed by atoms with Gasteiger partial charge in [0.1, 0.15) is 23.1 Å². The van der Waals surface area contributed by atoms with Crippen LogP contribution in [0, 0.1) is 6.92 Å². The van der Waals surface area contributed by atoms with Gasteiger partial charge in [0.25, 0.3) is 0 Å². The monoisotopic (exact) mass is 425 g/mol. The molecule has 6 nitrogen and oxygen atoms in total.